The smallest absolute Gasteiger partial charge is 0.341 e. The molecule has 0 unspecified atom stereocenters. The molecule has 1 aromatic carbocycles. The van der Waals surface area contributed by atoms with E-state index in [9.17, 15) is 46.3 Å². The van der Waals surface area contributed by atoms with E-state index in [1.807, 2.05) is 0 Å². The van der Waals surface area contributed by atoms with Crippen molar-refractivity contribution in [1.29, 1.82) is 0 Å². The number of alkyl halides is 2. The normalized spacial score (nSPS) is 21.6. The lowest BCUT2D eigenvalue weighted by atomic mass is 9.84. The number of nitrogens with one attached hydrogen (secondary N) is 2. The molecule has 1 aliphatic carbocycles. The molecule has 19 heteroatoms. The summed E-state index contributed by atoms with van der Waals surface area (Å²) in [5, 5.41) is 24.5. The van der Waals surface area contributed by atoms with Crippen LogP contribution in [0.5, 0.6) is 0 Å². The highest BCUT2D eigenvalue weighted by Crippen LogP contribution is 2.35. The molecular weight excluding hydrogens is 737 g/mol. The number of ketones is 1. The maximum Gasteiger partial charge on any atom is 0.341 e. The van der Waals surface area contributed by atoms with Crippen molar-refractivity contribution in [2.45, 2.75) is 112 Å². The number of halogens is 2. The molecule has 3 fully saturated rings. The van der Waals surface area contributed by atoms with Crippen LogP contribution < -0.4 is 16.4 Å². The maximum absolute atomic E-state index is 14.7. The predicted octanol–water partition coefficient (Wildman–Crippen LogP) is 1.85. The van der Waals surface area contributed by atoms with Gasteiger partial charge >= 0.3 is 5.76 Å². The molecule has 290 valence electrons. The molecule has 15 nitrogen and oxygen atoms in total. The zero-order chi connectivity index (χ0) is 38.7. The number of carbonyl (C=O) groups is 5. The van der Waals surface area contributed by atoms with Crippen LogP contribution in [0.15, 0.2) is 35.4 Å². The average Bonchev–Trinajstić information content (AvgIpc) is 3.80. The van der Waals surface area contributed by atoms with Crippen molar-refractivity contribution in [3.05, 3.63) is 41.7 Å². The van der Waals surface area contributed by atoms with Crippen molar-refractivity contribution in [3.8, 4) is 0 Å². The third-order valence-electron chi connectivity index (χ3n) is 10.4. The van der Waals surface area contributed by atoms with E-state index in [0.717, 1.165) is 56.4 Å². The highest BCUT2D eigenvalue weighted by atomic mass is 32.2. The number of nitrogens with two attached hydrogens (primary N) is 1. The van der Waals surface area contributed by atoms with Crippen LogP contribution in [-0.4, -0.2) is 104 Å². The molecule has 0 bridgehead atoms. The molecular formula is C34H45F2N7O8S2. The number of benzene rings is 1. The standard InChI is InChI=1S/C34H45F2N7O8S2/c1-33(2,49)26-18-38-41-43(26)22-17-25(30(47)40-34(27(44)28(37)45)12-14-52-15-13-34)42(19-22)31(48)24(16-20-6-4-3-5-7-20)39-29(46)21-8-10-23(11-9-21)53(50,51)32(35)36/h8-11,18,20,22,24-25,32,49H,3-7,12-17,19H2,1-2H3,(H2,37,45)(H,39,46)(H,40,47)/t22-,24+,25-/m0/s1. The SMILES string of the molecule is CC(C)(O)c1cnnn1[C@H]1C[C@@H](C(=O)NC2(C(=O)C(N)=O)CCSCC2)N(C(=O)[C@@H](CC2CCCCC2)NC(=O)c2ccc(S(=O)(=O)C(F)F)cc2)C1. The predicted molar refractivity (Wildman–Crippen MR) is 188 cm³/mol. The first-order chi connectivity index (χ1) is 24.9. The second kappa shape index (κ2) is 16.2. The summed E-state index contributed by atoms with van der Waals surface area (Å²) >= 11 is 1.56. The number of nitrogens with zero attached hydrogens (tertiary/aromatic N) is 4. The van der Waals surface area contributed by atoms with Gasteiger partial charge in [0.05, 0.1) is 22.8 Å². The minimum atomic E-state index is -4.90. The van der Waals surface area contributed by atoms with Gasteiger partial charge in [0.1, 0.15) is 23.2 Å². The third-order valence-corrected chi connectivity index (χ3v) is 12.7. The molecule has 5 N–H and O–H groups in total. The minimum absolute atomic E-state index is 0.0101. The summed E-state index contributed by atoms with van der Waals surface area (Å²) < 4.78 is 51.5. The molecule has 0 radical (unpaired) electrons. The summed E-state index contributed by atoms with van der Waals surface area (Å²) in [6, 6.07) is 0.906. The van der Waals surface area contributed by atoms with E-state index in [2.05, 4.69) is 20.9 Å². The summed E-state index contributed by atoms with van der Waals surface area (Å²) in [6.07, 6.45) is 6.37. The van der Waals surface area contributed by atoms with Crippen LogP contribution >= 0.6 is 11.8 Å². The third kappa shape index (κ3) is 8.88. The van der Waals surface area contributed by atoms with Gasteiger partial charge in [-0.3, -0.25) is 24.0 Å². The van der Waals surface area contributed by atoms with Crippen LogP contribution in [0.2, 0.25) is 0 Å². The van der Waals surface area contributed by atoms with Gasteiger partial charge in [0.15, 0.2) is 0 Å². The lowest BCUT2D eigenvalue weighted by Gasteiger charge is -2.37. The molecule has 2 aliphatic heterocycles. The summed E-state index contributed by atoms with van der Waals surface area (Å²) in [7, 11) is -4.90. The quantitative estimate of drug-likeness (QED) is 0.215. The molecule has 2 saturated heterocycles. The number of aliphatic hydroxyl groups is 1. The number of likely N-dealkylation sites (tertiary alicyclic amines) is 1. The molecule has 2 aromatic rings. The summed E-state index contributed by atoms with van der Waals surface area (Å²) in [4.78, 5) is 68.5. The first-order valence-corrected chi connectivity index (χ1v) is 20.2. The Morgan fingerprint density at radius 2 is 1.72 bits per heavy atom. The van der Waals surface area contributed by atoms with Gasteiger partial charge < -0.3 is 26.4 Å². The second-order valence-electron chi connectivity index (χ2n) is 14.5. The van der Waals surface area contributed by atoms with Gasteiger partial charge in [0.2, 0.25) is 27.4 Å². The first-order valence-electron chi connectivity index (χ1n) is 17.5. The van der Waals surface area contributed by atoms with E-state index in [1.54, 1.807) is 11.8 Å². The van der Waals surface area contributed by atoms with E-state index in [0.29, 0.717) is 17.2 Å². The number of rotatable bonds is 13. The van der Waals surface area contributed by atoms with Crippen LogP contribution in [0.4, 0.5) is 8.78 Å². The molecule has 3 atom stereocenters. The van der Waals surface area contributed by atoms with Gasteiger partial charge in [-0.15, -0.1) is 5.10 Å². The monoisotopic (exact) mass is 781 g/mol. The van der Waals surface area contributed by atoms with Gasteiger partial charge in [-0.1, -0.05) is 37.3 Å². The van der Waals surface area contributed by atoms with Crippen molar-refractivity contribution in [2.24, 2.45) is 11.7 Å². The molecule has 53 heavy (non-hydrogen) atoms. The number of Topliss-reactive ketones (excluding diaryl/α,β-unsaturated/α-hetero) is 1. The van der Waals surface area contributed by atoms with Crippen LogP contribution in [0.3, 0.4) is 0 Å². The molecule has 3 heterocycles. The topological polar surface area (TPSA) is 224 Å². The van der Waals surface area contributed by atoms with Crippen LogP contribution in [0, 0.1) is 5.92 Å². The lowest BCUT2D eigenvalue weighted by molar-refractivity contribution is -0.145. The Balaban J connectivity index is 1.48. The van der Waals surface area contributed by atoms with Gasteiger partial charge in [-0.05, 0) is 74.8 Å². The second-order valence-corrected chi connectivity index (χ2v) is 17.6. The first kappa shape index (κ1) is 40.2. The number of thioether (sulfide) groups is 1. The van der Waals surface area contributed by atoms with E-state index in [1.165, 1.54) is 29.6 Å². The fourth-order valence-corrected chi connectivity index (χ4v) is 9.35. The zero-order valence-electron chi connectivity index (χ0n) is 29.5. The van der Waals surface area contributed by atoms with Gasteiger partial charge in [-0.2, -0.15) is 20.5 Å². The molecule has 4 amide bonds. The number of aromatic nitrogens is 3. The Hall–Kier alpha value is -3.97. The van der Waals surface area contributed by atoms with Crippen molar-refractivity contribution in [1.82, 2.24) is 30.5 Å². The minimum Gasteiger partial charge on any atom is -0.384 e. The zero-order valence-corrected chi connectivity index (χ0v) is 31.1. The number of amides is 4. The van der Waals surface area contributed by atoms with E-state index >= 15 is 0 Å². The largest absolute Gasteiger partial charge is 0.384 e. The van der Waals surface area contributed by atoms with Crippen molar-refractivity contribution in [2.75, 3.05) is 18.1 Å². The Morgan fingerprint density at radius 3 is 2.30 bits per heavy atom. The molecule has 5 rings (SSSR count). The number of carbonyl (C=O) groups excluding carboxylic acids is 5. The van der Waals surface area contributed by atoms with Crippen molar-refractivity contribution >= 4 is 51.0 Å². The van der Waals surface area contributed by atoms with E-state index in [4.69, 9.17) is 5.73 Å². The lowest BCUT2D eigenvalue weighted by Crippen LogP contribution is -2.63. The van der Waals surface area contributed by atoms with Gasteiger partial charge in [0.25, 0.3) is 11.8 Å². The number of primary amides is 1. The Morgan fingerprint density at radius 1 is 1.08 bits per heavy atom. The number of sulfone groups is 1. The molecule has 1 saturated carbocycles. The summed E-state index contributed by atoms with van der Waals surface area (Å²) in [5.41, 5.74) is 2.70. The van der Waals surface area contributed by atoms with Crippen LogP contribution in [0.25, 0.3) is 0 Å². The molecule has 1 aromatic heterocycles. The molecule has 3 aliphatic rings. The highest BCUT2D eigenvalue weighted by Gasteiger charge is 2.49. The van der Waals surface area contributed by atoms with Gasteiger partial charge in [-0.25, -0.2) is 13.1 Å². The van der Waals surface area contributed by atoms with Crippen molar-refractivity contribution < 1.29 is 46.3 Å². The maximum atomic E-state index is 14.7. The highest BCUT2D eigenvalue weighted by molar-refractivity contribution is 7.99. The summed E-state index contributed by atoms with van der Waals surface area (Å²) in [6.45, 7) is 2.98. The van der Waals surface area contributed by atoms with E-state index in [-0.39, 0.29) is 43.7 Å². The fraction of sp³-hybridized carbons (Fsp3) is 0.618. The molecule has 0 spiro atoms. The number of hydrogen-bond donors (Lipinski definition) is 4. The summed E-state index contributed by atoms with van der Waals surface area (Å²) in [5.74, 6) is -6.84. The Labute approximate surface area is 310 Å². The van der Waals surface area contributed by atoms with E-state index < -0.39 is 79.2 Å². The average molecular weight is 782 g/mol. The van der Waals surface area contributed by atoms with Crippen LogP contribution in [0.1, 0.15) is 93.7 Å². The Kier molecular flexibility index (Phi) is 12.3. The number of hydrogen-bond acceptors (Lipinski definition) is 11. The van der Waals surface area contributed by atoms with Crippen molar-refractivity contribution in [3.63, 3.8) is 0 Å². The fourth-order valence-electron chi connectivity index (χ4n) is 7.44. The Bertz CT molecular complexity index is 1800. The van der Waals surface area contributed by atoms with Gasteiger partial charge in [0, 0.05) is 18.5 Å². The van der Waals surface area contributed by atoms with Crippen LogP contribution in [-0.2, 0) is 34.6 Å².